The molecule has 1 fully saturated rings. The van der Waals surface area contributed by atoms with E-state index in [0.29, 0.717) is 29.1 Å². The predicted octanol–water partition coefficient (Wildman–Crippen LogP) is 3.54. The monoisotopic (exact) mass is 371 g/mol. The van der Waals surface area contributed by atoms with Crippen molar-refractivity contribution in [3.63, 3.8) is 0 Å². The maximum Gasteiger partial charge on any atom is 0.253 e. The summed E-state index contributed by atoms with van der Waals surface area (Å²) in [5.41, 5.74) is 3.36. The summed E-state index contributed by atoms with van der Waals surface area (Å²) in [6.45, 7) is 7.43. The Morgan fingerprint density at radius 1 is 1.19 bits per heavy atom. The molecule has 1 atom stereocenters. The molecule has 0 bridgehead atoms. The van der Waals surface area contributed by atoms with Crippen LogP contribution in [0.5, 0.6) is 0 Å². The molecule has 6 heteroatoms. The van der Waals surface area contributed by atoms with E-state index >= 15 is 0 Å². The lowest BCUT2D eigenvalue weighted by atomic mass is 10.0. The van der Waals surface area contributed by atoms with Crippen LogP contribution in [0, 0.1) is 19.7 Å². The Bertz CT molecular complexity index is 836. The fourth-order valence-electron chi connectivity index (χ4n) is 3.92. The number of carbonyl (C=O) groups is 2. The van der Waals surface area contributed by atoms with Gasteiger partial charge in [-0.1, -0.05) is 12.1 Å². The number of amides is 1. The normalized spacial score (nSPS) is 15.7. The second-order valence-electron chi connectivity index (χ2n) is 7.20. The quantitative estimate of drug-likeness (QED) is 0.764. The van der Waals surface area contributed by atoms with E-state index in [4.69, 9.17) is 0 Å². The minimum Gasteiger partial charge on any atom is -0.355 e. The topological polar surface area (TPSA) is 65.2 Å². The number of aromatic amines is 1. The second-order valence-corrected chi connectivity index (χ2v) is 7.20. The van der Waals surface area contributed by atoms with Gasteiger partial charge in [-0.05, 0) is 63.0 Å². The smallest absolute Gasteiger partial charge is 0.253 e. The van der Waals surface area contributed by atoms with Crippen molar-refractivity contribution in [2.45, 2.75) is 39.7 Å². The number of carbonyl (C=O) groups excluding carboxylic acids is 2. The van der Waals surface area contributed by atoms with Crippen LogP contribution in [-0.2, 0) is 0 Å². The number of nitrogens with one attached hydrogen (secondary N) is 2. The SMILES string of the molecule is CC(=O)c1[nH]c(C)c(C(=O)NC[C@H](c2ccc(F)cc2)N2CCCC2)c1C. The number of likely N-dealkylation sites (tertiary alicyclic amines) is 1. The number of halogens is 1. The summed E-state index contributed by atoms with van der Waals surface area (Å²) >= 11 is 0. The van der Waals surface area contributed by atoms with Crippen LogP contribution in [0.2, 0.25) is 0 Å². The molecule has 1 aliphatic rings. The fourth-order valence-corrected chi connectivity index (χ4v) is 3.92. The van der Waals surface area contributed by atoms with Crippen LogP contribution >= 0.6 is 0 Å². The van der Waals surface area contributed by atoms with Crippen molar-refractivity contribution in [1.82, 2.24) is 15.2 Å². The summed E-state index contributed by atoms with van der Waals surface area (Å²) in [6, 6.07) is 6.49. The number of hydrogen-bond donors (Lipinski definition) is 2. The van der Waals surface area contributed by atoms with Crippen LogP contribution in [-0.4, -0.2) is 41.2 Å². The molecule has 0 spiro atoms. The lowest BCUT2D eigenvalue weighted by molar-refractivity contribution is 0.0936. The first kappa shape index (κ1) is 19.3. The van der Waals surface area contributed by atoms with Crippen molar-refractivity contribution in [1.29, 1.82) is 0 Å². The highest BCUT2D eigenvalue weighted by atomic mass is 19.1. The molecule has 0 unspecified atom stereocenters. The van der Waals surface area contributed by atoms with Gasteiger partial charge in [0.1, 0.15) is 5.82 Å². The molecule has 3 rings (SSSR count). The van der Waals surface area contributed by atoms with Crippen LogP contribution < -0.4 is 5.32 Å². The summed E-state index contributed by atoms with van der Waals surface area (Å²) in [4.78, 5) is 29.8. The minimum absolute atomic E-state index is 0.00359. The molecule has 1 aromatic carbocycles. The van der Waals surface area contributed by atoms with E-state index in [-0.39, 0.29) is 23.5 Å². The van der Waals surface area contributed by atoms with Crippen LogP contribution in [0.1, 0.15) is 63.5 Å². The molecule has 5 nitrogen and oxygen atoms in total. The van der Waals surface area contributed by atoms with Gasteiger partial charge in [-0.25, -0.2) is 4.39 Å². The van der Waals surface area contributed by atoms with E-state index in [0.717, 1.165) is 31.5 Å². The van der Waals surface area contributed by atoms with E-state index in [1.165, 1.54) is 19.1 Å². The standard InChI is InChI=1S/C21H26FN3O2/c1-13-19(14(2)24-20(13)15(3)26)21(27)23-12-18(25-10-4-5-11-25)16-6-8-17(22)9-7-16/h6-9,18,24H,4-5,10-12H2,1-3H3,(H,23,27)/t18-/m1/s1. The third kappa shape index (κ3) is 4.11. The van der Waals surface area contributed by atoms with Crippen LogP contribution in [0.25, 0.3) is 0 Å². The number of aryl methyl sites for hydroxylation is 1. The van der Waals surface area contributed by atoms with Crippen molar-refractivity contribution in [2.24, 2.45) is 0 Å². The third-order valence-electron chi connectivity index (χ3n) is 5.31. The van der Waals surface area contributed by atoms with E-state index in [1.54, 1.807) is 26.0 Å². The first-order valence-electron chi connectivity index (χ1n) is 9.36. The van der Waals surface area contributed by atoms with E-state index in [2.05, 4.69) is 15.2 Å². The van der Waals surface area contributed by atoms with Gasteiger partial charge < -0.3 is 10.3 Å². The zero-order valence-corrected chi connectivity index (χ0v) is 16.1. The molecular formula is C21H26FN3O2. The van der Waals surface area contributed by atoms with Crippen molar-refractivity contribution >= 4 is 11.7 Å². The number of H-pyrrole nitrogens is 1. The largest absolute Gasteiger partial charge is 0.355 e. The second kappa shape index (κ2) is 8.05. The zero-order chi connectivity index (χ0) is 19.6. The zero-order valence-electron chi connectivity index (χ0n) is 16.1. The Morgan fingerprint density at radius 2 is 1.81 bits per heavy atom. The maximum absolute atomic E-state index is 13.3. The highest BCUT2D eigenvalue weighted by Crippen LogP contribution is 2.25. The summed E-state index contributed by atoms with van der Waals surface area (Å²) in [5, 5.41) is 3.02. The molecule has 2 aromatic rings. The highest BCUT2D eigenvalue weighted by Gasteiger charge is 2.26. The molecular weight excluding hydrogens is 345 g/mol. The average molecular weight is 371 g/mol. The van der Waals surface area contributed by atoms with Gasteiger partial charge in [-0.2, -0.15) is 0 Å². The van der Waals surface area contributed by atoms with Gasteiger partial charge in [0.15, 0.2) is 5.78 Å². The van der Waals surface area contributed by atoms with Gasteiger partial charge in [0, 0.05) is 19.2 Å². The van der Waals surface area contributed by atoms with Crippen molar-refractivity contribution in [2.75, 3.05) is 19.6 Å². The van der Waals surface area contributed by atoms with Gasteiger partial charge >= 0.3 is 0 Å². The van der Waals surface area contributed by atoms with Gasteiger partial charge in [-0.3, -0.25) is 14.5 Å². The Hall–Kier alpha value is -2.47. The van der Waals surface area contributed by atoms with Crippen LogP contribution in [0.3, 0.4) is 0 Å². The summed E-state index contributed by atoms with van der Waals surface area (Å²) in [7, 11) is 0. The summed E-state index contributed by atoms with van der Waals surface area (Å²) in [6.07, 6.45) is 2.26. The van der Waals surface area contributed by atoms with Gasteiger partial charge in [0.25, 0.3) is 5.91 Å². The molecule has 2 heterocycles. The third-order valence-corrected chi connectivity index (χ3v) is 5.31. The number of ketones is 1. The molecule has 144 valence electrons. The fraction of sp³-hybridized carbons (Fsp3) is 0.429. The number of nitrogens with zero attached hydrogens (tertiary/aromatic N) is 1. The number of aromatic nitrogens is 1. The van der Waals surface area contributed by atoms with Crippen LogP contribution in [0.15, 0.2) is 24.3 Å². The molecule has 27 heavy (non-hydrogen) atoms. The molecule has 0 radical (unpaired) electrons. The van der Waals surface area contributed by atoms with Crippen molar-refractivity contribution in [3.05, 3.63) is 58.2 Å². The molecule has 0 saturated carbocycles. The maximum atomic E-state index is 13.3. The molecule has 1 aromatic heterocycles. The Morgan fingerprint density at radius 3 is 2.37 bits per heavy atom. The van der Waals surface area contributed by atoms with Gasteiger partial charge in [0.2, 0.25) is 0 Å². The molecule has 1 saturated heterocycles. The first-order chi connectivity index (χ1) is 12.9. The summed E-state index contributed by atoms with van der Waals surface area (Å²) in [5.74, 6) is -0.547. The average Bonchev–Trinajstić information content (AvgIpc) is 3.25. The lowest BCUT2D eigenvalue weighted by Gasteiger charge is -2.28. The van der Waals surface area contributed by atoms with Crippen LogP contribution in [0.4, 0.5) is 4.39 Å². The number of rotatable bonds is 6. The van der Waals surface area contributed by atoms with Crippen molar-refractivity contribution < 1.29 is 14.0 Å². The summed E-state index contributed by atoms with van der Waals surface area (Å²) < 4.78 is 13.3. The van der Waals surface area contributed by atoms with E-state index in [1.807, 2.05) is 0 Å². The van der Waals surface area contributed by atoms with Gasteiger partial charge in [0.05, 0.1) is 17.3 Å². The molecule has 1 amide bonds. The Balaban J connectivity index is 1.78. The number of Topliss-reactive ketones (excluding diaryl/α,β-unsaturated/α-hetero) is 1. The van der Waals surface area contributed by atoms with E-state index in [9.17, 15) is 14.0 Å². The number of benzene rings is 1. The predicted molar refractivity (Wildman–Crippen MR) is 103 cm³/mol. The lowest BCUT2D eigenvalue weighted by Crippen LogP contribution is -2.37. The van der Waals surface area contributed by atoms with E-state index < -0.39 is 0 Å². The first-order valence-corrected chi connectivity index (χ1v) is 9.36. The Kier molecular flexibility index (Phi) is 5.75. The Labute approximate surface area is 159 Å². The minimum atomic E-state index is -0.265. The number of hydrogen-bond acceptors (Lipinski definition) is 3. The molecule has 0 aliphatic carbocycles. The molecule has 1 aliphatic heterocycles. The van der Waals surface area contributed by atoms with Crippen molar-refractivity contribution in [3.8, 4) is 0 Å². The van der Waals surface area contributed by atoms with Gasteiger partial charge in [-0.15, -0.1) is 0 Å². The highest BCUT2D eigenvalue weighted by molar-refractivity contribution is 6.02. The molecule has 2 N–H and O–H groups in total.